The minimum atomic E-state index is 0.321. The molecule has 1 heterocycles. The second-order valence-corrected chi connectivity index (χ2v) is 3.29. The van der Waals surface area contributed by atoms with Crippen molar-refractivity contribution in [3.8, 4) is 0 Å². The molecule has 0 spiro atoms. The number of aliphatic imine (C=N–C) groups is 1. The highest BCUT2D eigenvalue weighted by molar-refractivity contribution is 6.54. The lowest BCUT2D eigenvalue weighted by Gasteiger charge is -2.16. The van der Waals surface area contributed by atoms with E-state index < -0.39 is 0 Å². The predicted octanol–water partition coefficient (Wildman–Crippen LogP) is 1.86. The van der Waals surface area contributed by atoms with Crippen molar-refractivity contribution in [1.82, 2.24) is 0 Å². The molecule has 1 aromatic rings. The summed E-state index contributed by atoms with van der Waals surface area (Å²) >= 11 is 0. The molecule has 1 aromatic carbocycles. The van der Waals surface area contributed by atoms with E-state index in [0.29, 0.717) is 17.5 Å². The molecule has 0 atom stereocenters. The summed E-state index contributed by atoms with van der Waals surface area (Å²) in [5.74, 6) is 0.707. The van der Waals surface area contributed by atoms with Crippen LogP contribution in [0.5, 0.6) is 0 Å². The summed E-state index contributed by atoms with van der Waals surface area (Å²) in [5, 5.41) is 11.7. The van der Waals surface area contributed by atoms with Gasteiger partial charge in [-0.1, -0.05) is 18.2 Å². The van der Waals surface area contributed by atoms with E-state index in [2.05, 4.69) is 10.1 Å². The molecule has 0 aromatic heterocycles. The molecule has 1 aliphatic heterocycles. The first-order valence-corrected chi connectivity index (χ1v) is 4.84. The third kappa shape index (κ3) is 1.67. The molecule has 0 bridgehead atoms. The average Bonchev–Trinajstić information content (AvgIpc) is 2.57. The van der Waals surface area contributed by atoms with E-state index in [9.17, 15) is 0 Å². The van der Waals surface area contributed by atoms with Crippen LogP contribution >= 0.6 is 0 Å². The molecular formula is C11H12N4O. The Morgan fingerprint density at radius 3 is 2.62 bits per heavy atom. The van der Waals surface area contributed by atoms with E-state index in [-0.39, 0.29) is 0 Å². The molecule has 2 rings (SSSR count). The van der Waals surface area contributed by atoms with E-state index in [4.69, 9.17) is 10.2 Å². The lowest BCUT2D eigenvalue weighted by molar-refractivity contribution is 0.212. The molecule has 1 N–H and O–H groups in total. The largest absolute Gasteiger partial charge is 0.396 e. The molecule has 0 saturated heterocycles. The Hall–Kier alpha value is -2.17. The minimum Gasteiger partial charge on any atom is -0.396 e. The van der Waals surface area contributed by atoms with Crippen LogP contribution in [0.4, 0.5) is 5.69 Å². The molecule has 82 valence electrons. The van der Waals surface area contributed by atoms with Crippen LogP contribution in [0.25, 0.3) is 0 Å². The standard InChI is InChI=1S/C11H12N4O/c1-8-10(12)15(11(13-8)14-16-2)9-6-4-3-5-7-9/h3-7,12H,1-2H3/b12-10?,14-11+. The summed E-state index contributed by atoms with van der Waals surface area (Å²) in [6.45, 7) is 1.77. The first-order chi connectivity index (χ1) is 7.74. The summed E-state index contributed by atoms with van der Waals surface area (Å²) in [7, 11) is 1.46. The Morgan fingerprint density at radius 2 is 2.00 bits per heavy atom. The average molecular weight is 216 g/mol. The number of benzene rings is 1. The monoisotopic (exact) mass is 216 g/mol. The van der Waals surface area contributed by atoms with Crippen LogP contribution in [0.1, 0.15) is 6.92 Å². The van der Waals surface area contributed by atoms with Crippen LogP contribution in [0, 0.1) is 5.41 Å². The lowest BCUT2D eigenvalue weighted by Crippen LogP contribution is -2.32. The zero-order valence-electron chi connectivity index (χ0n) is 9.14. The van der Waals surface area contributed by atoms with Crippen molar-refractivity contribution < 1.29 is 4.84 Å². The lowest BCUT2D eigenvalue weighted by atomic mass is 10.3. The SMILES string of the molecule is CO/N=C1\N=C(C)C(=N)N1c1ccccc1. The van der Waals surface area contributed by atoms with Gasteiger partial charge in [-0.2, -0.15) is 0 Å². The Kier molecular flexibility index (Phi) is 2.68. The van der Waals surface area contributed by atoms with Crippen molar-refractivity contribution >= 4 is 23.2 Å². The fourth-order valence-corrected chi connectivity index (χ4v) is 1.48. The van der Waals surface area contributed by atoms with Gasteiger partial charge < -0.3 is 4.84 Å². The number of nitrogens with zero attached hydrogens (tertiary/aromatic N) is 3. The van der Waals surface area contributed by atoms with Gasteiger partial charge in [0, 0.05) is 0 Å². The summed E-state index contributed by atoms with van der Waals surface area (Å²) in [6, 6.07) is 9.52. The highest BCUT2D eigenvalue weighted by atomic mass is 16.6. The van der Waals surface area contributed by atoms with Crippen molar-refractivity contribution in [2.75, 3.05) is 12.0 Å². The van der Waals surface area contributed by atoms with Gasteiger partial charge in [0.1, 0.15) is 7.11 Å². The van der Waals surface area contributed by atoms with E-state index in [1.54, 1.807) is 11.8 Å². The van der Waals surface area contributed by atoms with Crippen molar-refractivity contribution in [1.29, 1.82) is 5.41 Å². The highest BCUT2D eigenvalue weighted by Crippen LogP contribution is 2.19. The fraction of sp³-hybridized carbons (Fsp3) is 0.182. The van der Waals surface area contributed by atoms with Crippen molar-refractivity contribution in [3.05, 3.63) is 30.3 Å². The number of oxime groups is 1. The van der Waals surface area contributed by atoms with Gasteiger partial charge in [0.15, 0.2) is 5.84 Å². The quantitative estimate of drug-likeness (QED) is 0.767. The molecule has 16 heavy (non-hydrogen) atoms. The highest BCUT2D eigenvalue weighted by Gasteiger charge is 2.27. The second-order valence-electron chi connectivity index (χ2n) is 3.29. The zero-order chi connectivity index (χ0) is 11.5. The van der Waals surface area contributed by atoms with Crippen LogP contribution < -0.4 is 4.90 Å². The first-order valence-electron chi connectivity index (χ1n) is 4.84. The zero-order valence-corrected chi connectivity index (χ0v) is 9.14. The number of amidine groups is 1. The molecule has 0 amide bonds. The third-order valence-corrected chi connectivity index (χ3v) is 2.22. The van der Waals surface area contributed by atoms with Gasteiger partial charge in [0.2, 0.25) is 0 Å². The van der Waals surface area contributed by atoms with Crippen molar-refractivity contribution in [2.24, 2.45) is 10.1 Å². The first kappa shape index (κ1) is 10.4. The molecule has 0 aliphatic carbocycles. The summed E-state index contributed by atoms with van der Waals surface area (Å²) in [5.41, 5.74) is 1.48. The van der Waals surface area contributed by atoms with Gasteiger partial charge in [0.25, 0.3) is 5.96 Å². The van der Waals surface area contributed by atoms with Gasteiger partial charge in [-0.25, -0.2) is 4.99 Å². The van der Waals surface area contributed by atoms with Crippen LogP contribution in [0.2, 0.25) is 0 Å². The molecule has 0 unspecified atom stereocenters. The van der Waals surface area contributed by atoms with Crippen LogP contribution in [-0.2, 0) is 4.84 Å². The van der Waals surface area contributed by atoms with E-state index in [1.165, 1.54) is 7.11 Å². The number of hydrogen-bond donors (Lipinski definition) is 1. The number of hydrogen-bond acceptors (Lipinski definition) is 3. The molecule has 0 fully saturated rings. The minimum absolute atomic E-state index is 0.321. The molecular weight excluding hydrogens is 204 g/mol. The maximum Gasteiger partial charge on any atom is 0.272 e. The molecule has 0 saturated carbocycles. The Morgan fingerprint density at radius 1 is 1.31 bits per heavy atom. The van der Waals surface area contributed by atoms with E-state index >= 15 is 0 Å². The van der Waals surface area contributed by atoms with Gasteiger partial charge in [-0.3, -0.25) is 10.3 Å². The predicted molar refractivity (Wildman–Crippen MR) is 64.2 cm³/mol. The summed E-state index contributed by atoms with van der Waals surface area (Å²) in [6.07, 6.45) is 0. The van der Waals surface area contributed by atoms with Crippen LogP contribution in [-0.4, -0.2) is 24.6 Å². The number of para-hydroxylation sites is 1. The maximum atomic E-state index is 7.92. The fourth-order valence-electron chi connectivity index (χ4n) is 1.48. The van der Waals surface area contributed by atoms with Gasteiger partial charge in [0.05, 0.1) is 11.4 Å². The van der Waals surface area contributed by atoms with Crippen LogP contribution in [0.15, 0.2) is 40.5 Å². The topological polar surface area (TPSA) is 61.0 Å². The van der Waals surface area contributed by atoms with Gasteiger partial charge in [-0.15, -0.1) is 0 Å². The number of guanidine groups is 1. The molecule has 5 nitrogen and oxygen atoms in total. The Bertz CT molecular complexity index is 464. The van der Waals surface area contributed by atoms with E-state index in [1.807, 2.05) is 30.3 Å². The Labute approximate surface area is 93.6 Å². The third-order valence-electron chi connectivity index (χ3n) is 2.22. The van der Waals surface area contributed by atoms with Crippen molar-refractivity contribution in [3.63, 3.8) is 0 Å². The molecule has 1 aliphatic rings. The van der Waals surface area contributed by atoms with E-state index in [0.717, 1.165) is 5.69 Å². The smallest absolute Gasteiger partial charge is 0.272 e. The Balaban J connectivity index is 2.41. The number of rotatable bonds is 2. The maximum absolute atomic E-state index is 7.92. The molecule has 0 radical (unpaired) electrons. The van der Waals surface area contributed by atoms with Gasteiger partial charge >= 0.3 is 0 Å². The number of anilines is 1. The second kappa shape index (κ2) is 4.14. The van der Waals surface area contributed by atoms with Gasteiger partial charge in [-0.05, 0) is 24.2 Å². The summed E-state index contributed by atoms with van der Waals surface area (Å²) < 4.78 is 0. The number of nitrogens with one attached hydrogen (secondary N) is 1. The summed E-state index contributed by atoms with van der Waals surface area (Å²) in [4.78, 5) is 10.5. The van der Waals surface area contributed by atoms with Crippen LogP contribution in [0.3, 0.4) is 0 Å². The normalized spacial score (nSPS) is 17.9. The molecule has 5 heteroatoms. The van der Waals surface area contributed by atoms with Crippen molar-refractivity contribution in [2.45, 2.75) is 6.92 Å².